The fourth-order valence-corrected chi connectivity index (χ4v) is 3.87. The highest BCUT2D eigenvalue weighted by atomic mass is 19.1. The van der Waals surface area contributed by atoms with E-state index in [1.54, 1.807) is 21.9 Å². The molecule has 28 heavy (non-hydrogen) atoms. The van der Waals surface area contributed by atoms with Crippen LogP contribution in [0.1, 0.15) is 35.1 Å². The zero-order chi connectivity index (χ0) is 19.8. The van der Waals surface area contributed by atoms with Crippen molar-refractivity contribution in [3.63, 3.8) is 0 Å². The van der Waals surface area contributed by atoms with Crippen molar-refractivity contribution in [2.75, 3.05) is 13.1 Å². The minimum Gasteiger partial charge on any atom is -0.385 e. The Balaban J connectivity index is 1.53. The second kappa shape index (κ2) is 7.20. The Hall–Kier alpha value is -3.00. The first-order chi connectivity index (χ1) is 13.4. The van der Waals surface area contributed by atoms with Crippen molar-refractivity contribution in [3.05, 3.63) is 64.2 Å². The quantitative estimate of drug-likeness (QED) is 0.722. The van der Waals surface area contributed by atoms with Crippen molar-refractivity contribution < 1.29 is 14.3 Å². The van der Waals surface area contributed by atoms with E-state index in [4.69, 9.17) is 0 Å². The lowest BCUT2D eigenvalue weighted by Gasteiger charge is -2.34. The number of aromatic amines is 1. The van der Waals surface area contributed by atoms with Gasteiger partial charge in [-0.15, -0.1) is 0 Å². The Morgan fingerprint density at radius 3 is 2.75 bits per heavy atom. The normalized spacial score (nSPS) is 16.5. The van der Waals surface area contributed by atoms with Gasteiger partial charge in [0.2, 0.25) is 5.56 Å². The highest BCUT2D eigenvalue weighted by molar-refractivity contribution is 6.06. The summed E-state index contributed by atoms with van der Waals surface area (Å²) in [7, 11) is 1.84. The number of halogens is 1. The molecule has 1 aromatic carbocycles. The van der Waals surface area contributed by atoms with Gasteiger partial charge in [0.25, 0.3) is 5.91 Å². The maximum Gasteiger partial charge on any atom is 0.254 e. The maximum atomic E-state index is 13.5. The van der Waals surface area contributed by atoms with E-state index >= 15 is 0 Å². The first kappa shape index (κ1) is 18.4. The Morgan fingerprint density at radius 2 is 2.07 bits per heavy atom. The Bertz CT molecular complexity index is 1080. The number of carbonyl (C=O) groups excluding carboxylic acids is 1. The van der Waals surface area contributed by atoms with Gasteiger partial charge in [-0.1, -0.05) is 0 Å². The third-order valence-electron chi connectivity index (χ3n) is 5.43. The van der Waals surface area contributed by atoms with Crippen LogP contribution in [0, 0.1) is 11.7 Å². The molecule has 3 heterocycles. The van der Waals surface area contributed by atoms with Crippen LogP contribution in [0.3, 0.4) is 0 Å². The third-order valence-corrected chi connectivity index (χ3v) is 5.43. The lowest BCUT2D eigenvalue weighted by Crippen LogP contribution is -2.40. The highest BCUT2D eigenvalue weighted by Gasteiger charge is 2.31. The van der Waals surface area contributed by atoms with E-state index < -0.39 is 17.5 Å². The molecule has 7 nitrogen and oxygen atoms in total. The molecule has 1 aliphatic rings. The molecule has 1 atom stereocenters. The molecular weight excluding hydrogens is 363 g/mol. The molecule has 1 amide bonds. The molecule has 0 unspecified atom stereocenters. The summed E-state index contributed by atoms with van der Waals surface area (Å²) >= 11 is 0. The fourth-order valence-electron chi connectivity index (χ4n) is 3.87. The number of hydrogen-bond donors (Lipinski definition) is 2. The lowest BCUT2D eigenvalue weighted by atomic mass is 9.90. The average molecular weight is 384 g/mol. The number of pyridine rings is 1. The summed E-state index contributed by atoms with van der Waals surface area (Å²) in [5, 5.41) is 11.1. The molecule has 0 radical (unpaired) electrons. The van der Waals surface area contributed by atoms with Crippen LogP contribution in [0.2, 0.25) is 0 Å². The van der Waals surface area contributed by atoms with Gasteiger partial charge in [-0.3, -0.25) is 9.59 Å². The molecule has 0 aliphatic carbocycles. The van der Waals surface area contributed by atoms with Crippen LogP contribution >= 0.6 is 0 Å². The van der Waals surface area contributed by atoms with Crippen LogP contribution < -0.4 is 5.56 Å². The number of carbonyl (C=O) groups is 1. The average Bonchev–Trinajstić information content (AvgIpc) is 3.12. The molecule has 0 spiro atoms. The molecule has 0 bridgehead atoms. The van der Waals surface area contributed by atoms with Gasteiger partial charge >= 0.3 is 0 Å². The molecule has 1 fully saturated rings. The van der Waals surface area contributed by atoms with Gasteiger partial charge in [-0.25, -0.2) is 9.37 Å². The van der Waals surface area contributed by atoms with E-state index in [1.165, 1.54) is 24.3 Å². The molecule has 146 valence electrons. The number of likely N-dealkylation sites (tertiary alicyclic amines) is 1. The van der Waals surface area contributed by atoms with E-state index in [9.17, 15) is 19.1 Å². The highest BCUT2D eigenvalue weighted by Crippen LogP contribution is 2.30. The SMILES string of the molecule is Cn1ccnc1[C@@H](O)C1CCN(C(=O)c2cc(=O)[nH]c3cc(F)ccc23)CC1. The van der Waals surface area contributed by atoms with Gasteiger partial charge in [-0.05, 0) is 37.0 Å². The van der Waals surface area contributed by atoms with Gasteiger partial charge in [-0.2, -0.15) is 0 Å². The van der Waals surface area contributed by atoms with Crippen LogP contribution in [-0.4, -0.2) is 43.5 Å². The van der Waals surface area contributed by atoms with Gasteiger partial charge in [0, 0.05) is 44.0 Å². The first-order valence-electron chi connectivity index (χ1n) is 9.21. The topological polar surface area (TPSA) is 91.2 Å². The standard InChI is InChI=1S/C20H21FN4O3/c1-24-9-6-22-19(24)18(27)12-4-7-25(8-5-12)20(28)15-11-17(26)23-16-10-13(21)2-3-14(15)16/h2-3,6,9-12,18,27H,4-5,7-8H2,1H3,(H,23,26)/t18-/m0/s1. The Morgan fingerprint density at radius 1 is 1.32 bits per heavy atom. The van der Waals surface area contributed by atoms with Crippen molar-refractivity contribution in [2.24, 2.45) is 13.0 Å². The summed E-state index contributed by atoms with van der Waals surface area (Å²) in [5.74, 6) is -0.105. The van der Waals surface area contributed by atoms with Gasteiger partial charge in [0.1, 0.15) is 17.7 Å². The summed E-state index contributed by atoms with van der Waals surface area (Å²) in [4.78, 5) is 33.4. The third kappa shape index (κ3) is 3.31. The summed E-state index contributed by atoms with van der Waals surface area (Å²) < 4.78 is 15.3. The minimum absolute atomic E-state index is 0.00941. The Kier molecular flexibility index (Phi) is 4.72. The monoisotopic (exact) mass is 384 g/mol. The van der Waals surface area contributed by atoms with Gasteiger partial charge < -0.3 is 19.6 Å². The lowest BCUT2D eigenvalue weighted by molar-refractivity contribution is 0.0421. The number of aryl methyl sites for hydroxylation is 1. The van der Waals surface area contributed by atoms with E-state index in [-0.39, 0.29) is 17.4 Å². The van der Waals surface area contributed by atoms with Crippen LogP contribution in [0.15, 0.2) is 41.5 Å². The second-order valence-electron chi connectivity index (χ2n) is 7.21. The van der Waals surface area contributed by atoms with Crippen LogP contribution in [0.5, 0.6) is 0 Å². The molecule has 4 rings (SSSR count). The van der Waals surface area contributed by atoms with E-state index in [1.807, 2.05) is 7.05 Å². The number of piperidine rings is 1. The zero-order valence-corrected chi connectivity index (χ0v) is 15.4. The molecule has 3 aromatic rings. The van der Waals surface area contributed by atoms with Gasteiger partial charge in [0.05, 0.1) is 11.1 Å². The van der Waals surface area contributed by atoms with Gasteiger partial charge in [0.15, 0.2) is 0 Å². The summed E-state index contributed by atoms with van der Waals surface area (Å²) in [6.07, 6.45) is 4.03. The maximum absolute atomic E-state index is 13.5. The number of aliphatic hydroxyl groups is 1. The number of hydrogen-bond acceptors (Lipinski definition) is 4. The van der Waals surface area contributed by atoms with E-state index in [0.29, 0.717) is 42.7 Å². The number of fused-ring (bicyclic) bond motifs is 1. The second-order valence-corrected chi connectivity index (χ2v) is 7.21. The number of benzene rings is 1. The molecule has 8 heteroatoms. The van der Waals surface area contributed by atoms with Crippen LogP contribution in [-0.2, 0) is 7.05 Å². The number of H-pyrrole nitrogens is 1. The number of rotatable bonds is 3. The van der Waals surface area contributed by atoms with E-state index in [0.717, 1.165) is 0 Å². The number of aliphatic hydroxyl groups excluding tert-OH is 1. The molecule has 2 aromatic heterocycles. The van der Waals surface area contributed by atoms with Crippen molar-refractivity contribution in [2.45, 2.75) is 18.9 Å². The number of nitrogens with zero attached hydrogens (tertiary/aromatic N) is 3. The van der Waals surface area contributed by atoms with Crippen molar-refractivity contribution >= 4 is 16.8 Å². The largest absolute Gasteiger partial charge is 0.385 e. The van der Waals surface area contributed by atoms with E-state index in [2.05, 4.69) is 9.97 Å². The molecule has 2 N–H and O–H groups in total. The minimum atomic E-state index is -0.680. The Labute approximate surface area is 160 Å². The van der Waals surface area contributed by atoms with Crippen molar-refractivity contribution in [1.82, 2.24) is 19.4 Å². The molecule has 0 saturated carbocycles. The smallest absolute Gasteiger partial charge is 0.254 e. The number of nitrogens with one attached hydrogen (secondary N) is 1. The number of imidazole rings is 1. The van der Waals surface area contributed by atoms with Crippen LogP contribution in [0.4, 0.5) is 4.39 Å². The van der Waals surface area contributed by atoms with Crippen molar-refractivity contribution in [1.29, 1.82) is 0 Å². The molecule has 1 aliphatic heterocycles. The number of amides is 1. The predicted octanol–water partition coefficient (Wildman–Crippen LogP) is 1.99. The molecular formula is C20H21FN4O3. The molecule has 1 saturated heterocycles. The first-order valence-corrected chi connectivity index (χ1v) is 9.21. The number of aromatic nitrogens is 3. The summed E-state index contributed by atoms with van der Waals surface area (Å²) in [6.45, 7) is 0.945. The summed E-state index contributed by atoms with van der Waals surface area (Å²) in [6, 6.07) is 5.25. The van der Waals surface area contributed by atoms with Crippen molar-refractivity contribution in [3.8, 4) is 0 Å². The summed E-state index contributed by atoms with van der Waals surface area (Å²) in [5.41, 5.74) is 0.124. The van der Waals surface area contributed by atoms with Crippen LogP contribution in [0.25, 0.3) is 10.9 Å². The zero-order valence-electron chi connectivity index (χ0n) is 15.4. The fraction of sp³-hybridized carbons (Fsp3) is 0.350. The predicted molar refractivity (Wildman–Crippen MR) is 101 cm³/mol.